The molecule has 1 rings (SSSR count). The van der Waals surface area contributed by atoms with Gasteiger partial charge in [-0.3, -0.25) is 9.48 Å². The van der Waals surface area contributed by atoms with Crippen LogP contribution in [-0.2, 0) is 16.1 Å². The van der Waals surface area contributed by atoms with E-state index in [-0.39, 0.29) is 6.54 Å². The Hall–Kier alpha value is -1.56. The lowest BCUT2D eigenvalue weighted by atomic mass is 10.1. The molecule has 0 aliphatic rings. The second-order valence-corrected chi connectivity index (χ2v) is 3.49. The molecule has 0 fully saturated rings. The van der Waals surface area contributed by atoms with Gasteiger partial charge in [-0.1, -0.05) is 0 Å². The number of esters is 1. The number of carbonyl (C=O) groups excluding carboxylic acids is 1. The molecule has 0 aliphatic heterocycles. The first-order valence-corrected chi connectivity index (χ1v) is 4.43. The molecule has 15 heavy (non-hydrogen) atoms. The first-order chi connectivity index (χ1) is 6.99. The molecule has 0 amide bonds. The van der Waals surface area contributed by atoms with Crippen molar-refractivity contribution in [1.82, 2.24) is 9.78 Å². The number of rotatable bonds is 4. The Morgan fingerprint density at radius 3 is 2.80 bits per heavy atom. The van der Waals surface area contributed by atoms with Crippen LogP contribution >= 0.6 is 0 Å². The Balaban J connectivity index is 2.72. The number of nitrogens with zero attached hydrogens (tertiary/aromatic N) is 2. The molecule has 0 spiro atoms. The molecule has 1 atom stereocenters. The van der Waals surface area contributed by atoms with Gasteiger partial charge in [0.2, 0.25) is 0 Å². The van der Waals surface area contributed by atoms with Gasteiger partial charge in [0.15, 0.2) is 5.75 Å². The molecule has 1 aromatic heterocycles. The van der Waals surface area contributed by atoms with Crippen LogP contribution in [0.5, 0.6) is 5.75 Å². The van der Waals surface area contributed by atoms with Crippen LogP contribution in [0.3, 0.4) is 0 Å². The van der Waals surface area contributed by atoms with Crippen molar-refractivity contribution in [2.24, 2.45) is 5.73 Å². The fourth-order valence-electron chi connectivity index (χ4n) is 1.17. The number of hydrogen-bond acceptors (Lipinski definition) is 5. The predicted octanol–water partition coefficient (Wildman–Crippen LogP) is -0.218. The van der Waals surface area contributed by atoms with E-state index in [1.54, 1.807) is 26.4 Å². The fraction of sp³-hybridized carbons (Fsp3) is 0.556. The average molecular weight is 213 g/mol. The van der Waals surface area contributed by atoms with E-state index in [1.165, 1.54) is 11.8 Å². The third-order valence-corrected chi connectivity index (χ3v) is 1.99. The molecular formula is C9H15N3O3. The highest BCUT2D eigenvalue weighted by Gasteiger charge is 2.30. The van der Waals surface area contributed by atoms with E-state index in [4.69, 9.17) is 10.5 Å². The zero-order chi connectivity index (χ0) is 11.5. The number of aromatic nitrogens is 2. The standard InChI is InChI=1S/C9H15N3O3/c1-9(10,8(13)15-3)6-12-5-7(14-2)4-11-12/h4-5H,6,10H2,1-3H3. The van der Waals surface area contributed by atoms with Crippen molar-refractivity contribution in [3.05, 3.63) is 12.4 Å². The summed E-state index contributed by atoms with van der Waals surface area (Å²) in [6.45, 7) is 1.83. The molecule has 1 unspecified atom stereocenters. The van der Waals surface area contributed by atoms with Gasteiger partial charge in [0.1, 0.15) is 5.54 Å². The molecule has 6 nitrogen and oxygen atoms in total. The van der Waals surface area contributed by atoms with Gasteiger partial charge in [0.25, 0.3) is 0 Å². The molecule has 0 saturated heterocycles. The second kappa shape index (κ2) is 4.31. The van der Waals surface area contributed by atoms with Crippen molar-refractivity contribution >= 4 is 5.97 Å². The van der Waals surface area contributed by atoms with E-state index in [1.807, 2.05) is 0 Å². The van der Waals surface area contributed by atoms with E-state index in [0.717, 1.165) is 0 Å². The van der Waals surface area contributed by atoms with E-state index < -0.39 is 11.5 Å². The highest BCUT2D eigenvalue weighted by atomic mass is 16.5. The molecule has 6 heteroatoms. The Bertz CT molecular complexity index is 346. The summed E-state index contributed by atoms with van der Waals surface area (Å²) >= 11 is 0. The summed E-state index contributed by atoms with van der Waals surface area (Å²) in [4.78, 5) is 11.3. The monoisotopic (exact) mass is 213 g/mol. The summed E-state index contributed by atoms with van der Waals surface area (Å²) in [5.41, 5.74) is 4.69. The minimum absolute atomic E-state index is 0.239. The Morgan fingerprint density at radius 1 is 1.67 bits per heavy atom. The summed E-state index contributed by atoms with van der Waals surface area (Å²) in [6, 6.07) is 0. The van der Waals surface area contributed by atoms with Crippen molar-refractivity contribution < 1.29 is 14.3 Å². The Kier molecular flexibility index (Phi) is 3.31. The summed E-state index contributed by atoms with van der Waals surface area (Å²) in [7, 11) is 2.85. The maximum Gasteiger partial charge on any atom is 0.327 e. The van der Waals surface area contributed by atoms with Gasteiger partial charge in [0, 0.05) is 0 Å². The predicted molar refractivity (Wildman–Crippen MR) is 53.4 cm³/mol. The third-order valence-electron chi connectivity index (χ3n) is 1.99. The number of nitrogens with two attached hydrogens (primary N) is 1. The van der Waals surface area contributed by atoms with Gasteiger partial charge in [0.05, 0.1) is 33.2 Å². The molecule has 0 aliphatic carbocycles. The number of hydrogen-bond donors (Lipinski definition) is 1. The minimum Gasteiger partial charge on any atom is -0.493 e. The van der Waals surface area contributed by atoms with E-state index in [2.05, 4.69) is 9.84 Å². The van der Waals surface area contributed by atoms with Crippen LogP contribution in [0, 0.1) is 0 Å². The fourth-order valence-corrected chi connectivity index (χ4v) is 1.17. The van der Waals surface area contributed by atoms with Crippen molar-refractivity contribution in [2.45, 2.75) is 19.0 Å². The molecule has 1 aromatic rings. The summed E-state index contributed by atoms with van der Waals surface area (Å²) in [5.74, 6) is 0.146. The van der Waals surface area contributed by atoms with Gasteiger partial charge >= 0.3 is 5.97 Å². The molecule has 84 valence electrons. The van der Waals surface area contributed by atoms with Crippen LogP contribution in [-0.4, -0.2) is 35.5 Å². The molecule has 2 N–H and O–H groups in total. The van der Waals surface area contributed by atoms with E-state index in [0.29, 0.717) is 5.75 Å². The molecule has 0 bridgehead atoms. The number of ether oxygens (including phenoxy) is 2. The van der Waals surface area contributed by atoms with Crippen LogP contribution in [0.1, 0.15) is 6.92 Å². The largest absolute Gasteiger partial charge is 0.493 e. The van der Waals surface area contributed by atoms with Crippen LogP contribution < -0.4 is 10.5 Å². The molecule has 0 radical (unpaired) electrons. The Morgan fingerprint density at radius 2 is 2.33 bits per heavy atom. The summed E-state index contributed by atoms with van der Waals surface area (Å²) < 4.78 is 11.1. The topological polar surface area (TPSA) is 79.4 Å². The van der Waals surface area contributed by atoms with Gasteiger partial charge in [-0.25, -0.2) is 0 Å². The van der Waals surface area contributed by atoms with Crippen LogP contribution in [0.25, 0.3) is 0 Å². The van der Waals surface area contributed by atoms with E-state index >= 15 is 0 Å². The molecule has 1 heterocycles. The van der Waals surface area contributed by atoms with Crippen LogP contribution in [0.15, 0.2) is 12.4 Å². The average Bonchev–Trinajstić information content (AvgIpc) is 2.63. The van der Waals surface area contributed by atoms with Gasteiger partial charge < -0.3 is 15.2 Å². The first kappa shape index (κ1) is 11.5. The Labute approximate surface area is 88.0 Å². The van der Waals surface area contributed by atoms with Crippen molar-refractivity contribution in [3.63, 3.8) is 0 Å². The van der Waals surface area contributed by atoms with Crippen LogP contribution in [0.4, 0.5) is 0 Å². The molecular weight excluding hydrogens is 198 g/mol. The zero-order valence-corrected chi connectivity index (χ0v) is 9.06. The SMILES string of the molecule is COC(=O)C(C)(N)Cn1cc(OC)cn1. The van der Waals surface area contributed by atoms with E-state index in [9.17, 15) is 4.79 Å². The van der Waals surface area contributed by atoms with Crippen molar-refractivity contribution in [3.8, 4) is 5.75 Å². The summed E-state index contributed by atoms with van der Waals surface area (Å²) in [6.07, 6.45) is 3.21. The number of methoxy groups -OCH3 is 2. The lowest BCUT2D eigenvalue weighted by Crippen LogP contribution is -2.49. The van der Waals surface area contributed by atoms with Crippen molar-refractivity contribution in [1.29, 1.82) is 0 Å². The lowest BCUT2D eigenvalue weighted by molar-refractivity contribution is -0.147. The maximum atomic E-state index is 11.3. The maximum absolute atomic E-state index is 11.3. The minimum atomic E-state index is -1.09. The zero-order valence-electron chi connectivity index (χ0n) is 9.06. The van der Waals surface area contributed by atoms with Gasteiger partial charge in [-0.15, -0.1) is 0 Å². The van der Waals surface area contributed by atoms with Gasteiger partial charge in [-0.05, 0) is 6.92 Å². The second-order valence-electron chi connectivity index (χ2n) is 3.49. The van der Waals surface area contributed by atoms with Gasteiger partial charge in [-0.2, -0.15) is 5.10 Å². The highest BCUT2D eigenvalue weighted by Crippen LogP contribution is 2.11. The van der Waals surface area contributed by atoms with Crippen LogP contribution in [0.2, 0.25) is 0 Å². The quantitative estimate of drug-likeness (QED) is 0.699. The smallest absolute Gasteiger partial charge is 0.327 e. The third kappa shape index (κ3) is 2.69. The molecule has 0 aromatic carbocycles. The highest BCUT2D eigenvalue weighted by molar-refractivity contribution is 5.79. The lowest BCUT2D eigenvalue weighted by Gasteiger charge is -2.20. The molecule has 0 saturated carbocycles. The first-order valence-electron chi connectivity index (χ1n) is 4.43. The summed E-state index contributed by atoms with van der Waals surface area (Å²) in [5, 5.41) is 3.99. The number of carbonyl (C=O) groups is 1. The van der Waals surface area contributed by atoms with Crippen molar-refractivity contribution in [2.75, 3.05) is 14.2 Å². The normalized spacial score (nSPS) is 14.4.